The average Bonchev–Trinajstić information content (AvgIpc) is 2.70. The molecule has 0 aliphatic carbocycles. The molecular formula is C21H27N9O. The number of nitrogens with two attached hydrogens (primary N) is 3. The third-order valence-corrected chi connectivity index (χ3v) is 4.11. The van der Waals surface area contributed by atoms with Crippen LogP contribution in [0.15, 0.2) is 62.9 Å². The third-order valence-electron chi connectivity index (χ3n) is 4.11. The number of hydrogen-bond acceptors (Lipinski definition) is 5. The van der Waals surface area contributed by atoms with E-state index in [-0.39, 0.29) is 12.0 Å². The summed E-state index contributed by atoms with van der Waals surface area (Å²) in [6.45, 7) is 7.20. The quantitative estimate of drug-likeness (QED) is 0.275. The number of amidine groups is 1. The Hall–Kier alpha value is -4.21. The normalized spacial score (nSPS) is 12.3. The van der Waals surface area contributed by atoms with Crippen LogP contribution in [0.25, 0.3) is 0 Å². The van der Waals surface area contributed by atoms with E-state index in [2.05, 4.69) is 31.0 Å². The van der Waals surface area contributed by atoms with E-state index in [1.807, 2.05) is 38.1 Å². The first kappa shape index (κ1) is 23.1. The SMILES string of the molecule is CC(N)=N/N=C(/C)c1ccc(NC(=O)Nc2ccc(/C(C)=N\N=C(N)N)c(C)c2)cc1. The smallest absolute Gasteiger partial charge is 0.323 e. The van der Waals surface area contributed by atoms with E-state index in [1.54, 1.807) is 32.0 Å². The highest BCUT2D eigenvalue weighted by Gasteiger charge is 2.07. The molecule has 31 heavy (non-hydrogen) atoms. The van der Waals surface area contributed by atoms with Crippen LogP contribution in [0.3, 0.4) is 0 Å². The molecule has 0 atom stereocenters. The molecule has 0 aliphatic rings. The van der Waals surface area contributed by atoms with Crippen LogP contribution in [0.1, 0.15) is 37.5 Å². The van der Waals surface area contributed by atoms with E-state index >= 15 is 0 Å². The van der Waals surface area contributed by atoms with Crippen molar-refractivity contribution in [3.8, 4) is 0 Å². The van der Waals surface area contributed by atoms with E-state index in [4.69, 9.17) is 17.2 Å². The lowest BCUT2D eigenvalue weighted by Gasteiger charge is -2.11. The van der Waals surface area contributed by atoms with E-state index < -0.39 is 0 Å². The molecule has 0 bridgehead atoms. The monoisotopic (exact) mass is 421 g/mol. The zero-order valence-electron chi connectivity index (χ0n) is 18.0. The van der Waals surface area contributed by atoms with E-state index in [0.717, 1.165) is 22.4 Å². The van der Waals surface area contributed by atoms with Crippen LogP contribution in [0.4, 0.5) is 16.2 Å². The standard InChI is InChI=1S/C21H27N9O/c1-12-11-18(9-10-19(12)14(3)28-30-20(23)24)26-21(31)25-17-7-5-16(6-8-17)13(2)27-29-15(4)22/h5-11H,1-4H3,(H2,22,29)(H4,23,24,30)(H2,25,26,31)/b27-13-,28-14-. The highest BCUT2D eigenvalue weighted by Crippen LogP contribution is 2.17. The molecule has 0 radical (unpaired) electrons. The van der Waals surface area contributed by atoms with Gasteiger partial charge in [0.25, 0.3) is 0 Å². The number of rotatable bonds is 6. The van der Waals surface area contributed by atoms with Crippen molar-refractivity contribution in [1.29, 1.82) is 0 Å². The number of nitrogens with zero attached hydrogens (tertiary/aromatic N) is 4. The van der Waals surface area contributed by atoms with Gasteiger partial charge in [0.2, 0.25) is 5.96 Å². The molecule has 2 aromatic rings. The molecular weight excluding hydrogens is 394 g/mol. The molecule has 0 fully saturated rings. The maximum atomic E-state index is 12.3. The van der Waals surface area contributed by atoms with E-state index in [9.17, 15) is 4.79 Å². The molecule has 2 amide bonds. The van der Waals surface area contributed by atoms with Crippen molar-refractivity contribution in [3.05, 3.63) is 59.2 Å². The Morgan fingerprint density at radius 1 is 0.774 bits per heavy atom. The molecule has 2 rings (SSSR count). The van der Waals surface area contributed by atoms with Gasteiger partial charge in [-0.2, -0.15) is 10.2 Å². The minimum Gasteiger partial charge on any atom is -0.386 e. The largest absolute Gasteiger partial charge is 0.386 e. The highest BCUT2D eigenvalue weighted by atomic mass is 16.2. The zero-order chi connectivity index (χ0) is 23.0. The van der Waals surface area contributed by atoms with Crippen molar-refractivity contribution >= 4 is 40.6 Å². The number of benzene rings is 2. The summed E-state index contributed by atoms with van der Waals surface area (Å²) in [6, 6.07) is 12.3. The Kier molecular flexibility index (Phi) is 7.84. The number of nitrogens with one attached hydrogen (secondary N) is 2. The highest BCUT2D eigenvalue weighted by molar-refractivity contribution is 6.03. The van der Waals surface area contributed by atoms with Crippen molar-refractivity contribution in [2.75, 3.05) is 10.6 Å². The molecule has 0 saturated carbocycles. The maximum Gasteiger partial charge on any atom is 0.323 e. The Morgan fingerprint density at radius 3 is 1.94 bits per heavy atom. The zero-order valence-corrected chi connectivity index (χ0v) is 18.0. The number of guanidine groups is 1. The third kappa shape index (κ3) is 7.28. The van der Waals surface area contributed by atoms with Gasteiger partial charge in [0.05, 0.1) is 11.4 Å². The van der Waals surface area contributed by atoms with Crippen LogP contribution in [0, 0.1) is 6.92 Å². The first-order valence-corrected chi connectivity index (χ1v) is 9.42. The van der Waals surface area contributed by atoms with Crippen LogP contribution < -0.4 is 27.8 Å². The van der Waals surface area contributed by atoms with Crippen molar-refractivity contribution in [2.45, 2.75) is 27.7 Å². The number of amides is 2. The van der Waals surface area contributed by atoms with Gasteiger partial charge in [0.15, 0.2) is 0 Å². The molecule has 0 spiro atoms. The van der Waals surface area contributed by atoms with Crippen molar-refractivity contribution in [3.63, 3.8) is 0 Å². The Balaban J connectivity index is 2.04. The number of aryl methyl sites for hydroxylation is 1. The lowest BCUT2D eigenvalue weighted by molar-refractivity contribution is 0.262. The molecule has 162 valence electrons. The number of carbonyl (C=O) groups excluding carboxylic acids is 1. The van der Waals surface area contributed by atoms with Gasteiger partial charge in [-0.25, -0.2) is 4.79 Å². The second-order valence-corrected chi connectivity index (χ2v) is 6.82. The first-order chi connectivity index (χ1) is 14.7. The summed E-state index contributed by atoms with van der Waals surface area (Å²) in [7, 11) is 0. The topological polar surface area (TPSA) is 169 Å². The van der Waals surface area contributed by atoms with Crippen LogP contribution in [-0.4, -0.2) is 29.2 Å². The lowest BCUT2D eigenvalue weighted by Crippen LogP contribution is -2.22. The van der Waals surface area contributed by atoms with Crippen molar-refractivity contribution < 1.29 is 4.79 Å². The molecule has 0 saturated heterocycles. The Morgan fingerprint density at radius 2 is 1.35 bits per heavy atom. The van der Waals surface area contributed by atoms with Gasteiger partial charge >= 0.3 is 6.03 Å². The van der Waals surface area contributed by atoms with Crippen LogP contribution in [0.5, 0.6) is 0 Å². The van der Waals surface area contributed by atoms with E-state index in [1.165, 1.54) is 0 Å². The molecule has 0 heterocycles. The fraction of sp³-hybridized carbons (Fsp3) is 0.190. The Bertz CT molecular complexity index is 1060. The van der Waals surface area contributed by atoms with Crippen molar-refractivity contribution in [1.82, 2.24) is 0 Å². The first-order valence-electron chi connectivity index (χ1n) is 9.42. The summed E-state index contributed by atoms with van der Waals surface area (Å²) >= 11 is 0. The van der Waals surface area contributed by atoms with Gasteiger partial charge in [0, 0.05) is 16.9 Å². The lowest BCUT2D eigenvalue weighted by atomic mass is 10.0. The molecule has 8 N–H and O–H groups in total. The van der Waals surface area contributed by atoms with Crippen LogP contribution >= 0.6 is 0 Å². The second-order valence-electron chi connectivity index (χ2n) is 6.82. The van der Waals surface area contributed by atoms with Gasteiger partial charge in [-0.3, -0.25) is 0 Å². The minimum atomic E-state index is -0.362. The summed E-state index contributed by atoms with van der Waals surface area (Å²) < 4.78 is 0. The Labute approximate surface area is 181 Å². The number of hydrogen-bond donors (Lipinski definition) is 5. The summed E-state index contributed by atoms with van der Waals surface area (Å²) in [4.78, 5) is 12.3. The van der Waals surface area contributed by atoms with Gasteiger partial charge in [0.1, 0.15) is 5.84 Å². The summed E-state index contributed by atoms with van der Waals surface area (Å²) in [5.41, 5.74) is 21.4. The molecule has 10 nitrogen and oxygen atoms in total. The van der Waals surface area contributed by atoms with Gasteiger partial charge < -0.3 is 27.8 Å². The fourth-order valence-corrected chi connectivity index (χ4v) is 2.63. The summed E-state index contributed by atoms with van der Waals surface area (Å²) in [5.74, 6) is 0.274. The maximum absolute atomic E-state index is 12.3. The van der Waals surface area contributed by atoms with Crippen molar-refractivity contribution in [2.24, 2.45) is 37.6 Å². The van der Waals surface area contributed by atoms with E-state index in [0.29, 0.717) is 22.9 Å². The van der Waals surface area contributed by atoms with Crippen LogP contribution in [-0.2, 0) is 0 Å². The minimum absolute atomic E-state index is 0.110. The average molecular weight is 422 g/mol. The predicted molar refractivity (Wildman–Crippen MR) is 128 cm³/mol. The molecule has 2 aromatic carbocycles. The number of urea groups is 1. The fourth-order valence-electron chi connectivity index (χ4n) is 2.63. The van der Waals surface area contributed by atoms with Gasteiger partial charge in [-0.1, -0.05) is 18.2 Å². The van der Waals surface area contributed by atoms with Gasteiger partial charge in [-0.15, -0.1) is 10.2 Å². The molecule has 0 aliphatic heterocycles. The van der Waals surface area contributed by atoms with Gasteiger partial charge in [-0.05, 0) is 63.1 Å². The summed E-state index contributed by atoms with van der Waals surface area (Å²) in [6.07, 6.45) is 0. The molecule has 0 unspecified atom stereocenters. The number of anilines is 2. The summed E-state index contributed by atoms with van der Waals surface area (Å²) in [5, 5.41) is 21.1. The molecule has 0 aromatic heterocycles. The second kappa shape index (κ2) is 10.5. The molecule has 10 heteroatoms. The predicted octanol–water partition coefficient (Wildman–Crippen LogP) is 2.74. The number of carbonyl (C=O) groups is 1. The van der Waals surface area contributed by atoms with Crippen LogP contribution in [0.2, 0.25) is 0 Å².